The molecule has 46 heavy (non-hydrogen) atoms. The Labute approximate surface area is 264 Å². The summed E-state index contributed by atoms with van der Waals surface area (Å²) in [5.74, 6) is -4.81. The lowest BCUT2D eigenvalue weighted by atomic mass is 10.0. The lowest BCUT2D eigenvalue weighted by molar-refractivity contribution is -0.142. The zero-order valence-electron chi connectivity index (χ0n) is 25.1. The maximum Gasteiger partial charge on any atom is 0.326 e. The molecule has 0 aliphatic heterocycles. The number of hydrogen-bond donors (Lipinski definition) is 9. The highest BCUT2D eigenvalue weighted by molar-refractivity contribution is 5.95. The van der Waals surface area contributed by atoms with Crippen molar-refractivity contribution in [2.45, 2.75) is 62.7 Å². The van der Waals surface area contributed by atoms with E-state index in [2.05, 4.69) is 25.9 Å². The van der Waals surface area contributed by atoms with E-state index in [4.69, 9.17) is 16.6 Å². The van der Waals surface area contributed by atoms with Gasteiger partial charge in [0.1, 0.15) is 18.1 Å². The molecule has 0 saturated carbocycles. The number of carboxylic acids is 2. The van der Waals surface area contributed by atoms with Crippen molar-refractivity contribution in [3.8, 4) is 0 Å². The molecule has 14 nitrogen and oxygen atoms in total. The Kier molecular flexibility index (Phi) is 11.5. The van der Waals surface area contributed by atoms with Gasteiger partial charge in [0, 0.05) is 47.0 Å². The second-order valence-electron chi connectivity index (χ2n) is 11.1. The number of carboxylic acid groups (broad SMARTS) is 2. The molecule has 244 valence electrons. The molecular weight excluding hydrogens is 594 g/mol. The summed E-state index contributed by atoms with van der Waals surface area (Å²) in [5, 5.41) is 28.5. The summed E-state index contributed by atoms with van der Waals surface area (Å²) in [4.78, 5) is 69.7. The molecule has 4 aromatic rings. The van der Waals surface area contributed by atoms with E-state index in [1.807, 2.05) is 48.5 Å². The van der Waals surface area contributed by atoms with Crippen LogP contribution >= 0.6 is 0 Å². The number of nitrogens with one attached hydrogen (secondary N) is 5. The molecule has 4 unspecified atom stereocenters. The van der Waals surface area contributed by atoms with Crippen molar-refractivity contribution in [3.63, 3.8) is 0 Å². The summed E-state index contributed by atoms with van der Waals surface area (Å²) in [5.41, 5.74) is 14.4. The van der Waals surface area contributed by atoms with Crippen LogP contribution in [0.1, 0.15) is 36.8 Å². The van der Waals surface area contributed by atoms with Gasteiger partial charge in [0.25, 0.3) is 0 Å². The van der Waals surface area contributed by atoms with Crippen LogP contribution in [0.5, 0.6) is 0 Å². The Morgan fingerprint density at radius 3 is 1.74 bits per heavy atom. The lowest BCUT2D eigenvalue weighted by Gasteiger charge is -2.25. The minimum absolute atomic E-state index is 0.00314. The van der Waals surface area contributed by atoms with Crippen LogP contribution in [0.25, 0.3) is 21.8 Å². The molecule has 2 heterocycles. The lowest BCUT2D eigenvalue weighted by Crippen LogP contribution is -2.58. The summed E-state index contributed by atoms with van der Waals surface area (Å²) in [6.45, 7) is 0.349. The highest BCUT2D eigenvalue weighted by Crippen LogP contribution is 2.21. The van der Waals surface area contributed by atoms with Crippen LogP contribution in [0.3, 0.4) is 0 Å². The molecule has 0 radical (unpaired) electrons. The van der Waals surface area contributed by atoms with Crippen LogP contribution in [-0.2, 0) is 36.8 Å². The molecule has 0 saturated heterocycles. The number of aromatic amines is 2. The van der Waals surface area contributed by atoms with Crippen LogP contribution < -0.4 is 27.4 Å². The number of rotatable bonds is 17. The minimum Gasteiger partial charge on any atom is -0.481 e. The number of benzene rings is 2. The Hall–Kier alpha value is -5.21. The molecule has 14 heteroatoms. The summed E-state index contributed by atoms with van der Waals surface area (Å²) in [6.07, 6.45) is 3.90. The zero-order chi connectivity index (χ0) is 33.2. The maximum atomic E-state index is 13.7. The molecule has 4 rings (SSSR count). The first-order chi connectivity index (χ1) is 22.1. The van der Waals surface area contributed by atoms with Crippen LogP contribution in [0.2, 0.25) is 0 Å². The van der Waals surface area contributed by atoms with Gasteiger partial charge in [0.2, 0.25) is 17.7 Å². The average Bonchev–Trinajstić information content (AvgIpc) is 3.63. The Morgan fingerprint density at radius 2 is 1.20 bits per heavy atom. The van der Waals surface area contributed by atoms with Crippen LogP contribution in [-0.4, -0.2) is 80.6 Å². The molecule has 2 aromatic heterocycles. The normalized spacial score (nSPS) is 13.9. The molecule has 3 amide bonds. The van der Waals surface area contributed by atoms with Gasteiger partial charge < -0.3 is 47.6 Å². The highest BCUT2D eigenvalue weighted by Gasteiger charge is 2.31. The monoisotopic (exact) mass is 633 g/mol. The zero-order valence-corrected chi connectivity index (χ0v) is 25.1. The van der Waals surface area contributed by atoms with Crippen molar-refractivity contribution in [2.75, 3.05) is 6.54 Å². The van der Waals surface area contributed by atoms with Crippen molar-refractivity contribution >= 4 is 51.5 Å². The number of H-pyrrole nitrogens is 2. The van der Waals surface area contributed by atoms with Crippen molar-refractivity contribution in [2.24, 2.45) is 11.5 Å². The van der Waals surface area contributed by atoms with Crippen molar-refractivity contribution in [3.05, 3.63) is 72.1 Å². The van der Waals surface area contributed by atoms with Crippen LogP contribution in [0, 0.1) is 0 Å². The van der Waals surface area contributed by atoms with Gasteiger partial charge in [-0.1, -0.05) is 36.4 Å². The molecule has 2 aromatic carbocycles. The maximum absolute atomic E-state index is 13.7. The smallest absolute Gasteiger partial charge is 0.326 e. The molecule has 0 bridgehead atoms. The molecule has 0 spiro atoms. The average molecular weight is 634 g/mol. The van der Waals surface area contributed by atoms with E-state index in [1.54, 1.807) is 12.4 Å². The van der Waals surface area contributed by atoms with E-state index in [0.717, 1.165) is 21.8 Å². The molecule has 0 aliphatic rings. The van der Waals surface area contributed by atoms with Crippen molar-refractivity contribution in [1.29, 1.82) is 0 Å². The number of aliphatic carboxylic acids is 2. The first-order valence-electron chi connectivity index (χ1n) is 15.0. The van der Waals surface area contributed by atoms with Crippen molar-refractivity contribution < 1.29 is 34.2 Å². The standard InChI is InChI=1S/C32H39N7O7/c33-12-6-5-11-25(30(43)39-27(32(45)46)14-19-17-36-24-10-4-2-8-21(19)24)37-31(44)26(38-29(42)22(34)15-28(40)41)13-18-16-35-23-9-3-1-7-20(18)23/h1-4,7-10,16-17,22,25-27,35-36H,5-6,11-15,33-34H2,(H,37,44)(H,38,42)(H,39,43)(H,40,41)(H,45,46). The van der Waals surface area contributed by atoms with E-state index in [1.165, 1.54) is 0 Å². The first-order valence-corrected chi connectivity index (χ1v) is 15.0. The first kappa shape index (κ1) is 33.7. The minimum atomic E-state index is -1.42. The van der Waals surface area contributed by atoms with Gasteiger partial charge in [-0.2, -0.15) is 0 Å². The number of amides is 3. The number of fused-ring (bicyclic) bond motifs is 2. The third-order valence-corrected chi connectivity index (χ3v) is 7.76. The SMILES string of the molecule is NCCCCC(NC(=O)C(Cc1c[nH]c2ccccc12)NC(=O)C(N)CC(=O)O)C(=O)NC(Cc1c[nH]c2ccccc12)C(=O)O. The van der Waals surface area contributed by atoms with Gasteiger partial charge in [0.15, 0.2) is 0 Å². The number of carbonyl (C=O) groups is 5. The number of unbranched alkanes of at least 4 members (excludes halogenated alkanes) is 1. The molecule has 0 aliphatic carbocycles. The number of nitrogens with two attached hydrogens (primary N) is 2. The second kappa shape index (κ2) is 15.7. The number of carbonyl (C=O) groups excluding carboxylic acids is 3. The quantitative estimate of drug-likeness (QED) is 0.0749. The van der Waals surface area contributed by atoms with E-state index in [9.17, 15) is 29.1 Å². The largest absolute Gasteiger partial charge is 0.481 e. The number of para-hydroxylation sites is 2. The van der Waals surface area contributed by atoms with Gasteiger partial charge >= 0.3 is 11.9 Å². The highest BCUT2D eigenvalue weighted by atomic mass is 16.4. The summed E-state index contributed by atoms with van der Waals surface area (Å²) in [6, 6.07) is 9.64. The van der Waals surface area contributed by atoms with E-state index in [-0.39, 0.29) is 19.3 Å². The Bertz CT molecular complexity index is 1700. The fraction of sp³-hybridized carbons (Fsp3) is 0.344. The van der Waals surface area contributed by atoms with Crippen molar-refractivity contribution in [1.82, 2.24) is 25.9 Å². The van der Waals surface area contributed by atoms with Crippen LogP contribution in [0.15, 0.2) is 60.9 Å². The molecule has 0 fully saturated rings. The van der Waals surface area contributed by atoms with Gasteiger partial charge in [0.05, 0.1) is 12.5 Å². The fourth-order valence-corrected chi connectivity index (χ4v) is 5.32. The number of aromatic nitrogens is 2. The fourth-order valence-electron chi connectivity index (χ4n) is 5.32. The summed E-state index contributed by atoms with van der Waals surface area (Å²) in [7, 11) is 0. The Morgan fingerprint density at radius 1 is 0.696 bits per heavy atom. The summed E-state index contributed by atoms with van der Waals surface area (Å²) >= 11 is 0. The Balaban J connectivity index is 1.54. The van der Waals surface area contributed by atoms with Gasteiger partial charge in [-0.15, -0.1) is 0 Å². The topological polar surface area (TPSA) is 246 Å². The molecule has 11 N–H and O–H groups in total. The predicted octanol–water partition coefficient (Wildman–Crippen LogP) is 0.904. The van der Waals surface area contributed by atoms with E-state index >= 15 is 0 Å². The predicted molar refractivity (Wildman–Crippen MR) is 171 cm³/mol. The molecule has 4 atom stereocenters. The van der Waals surface area contributed by atoms with Gasteiger partial charge in [-0.3, -0.25) is 19.2 Å². The van der Waals surface area contributed by atoms with E-state index < -0.39 is 60.2 Å². The molecular formula is C32H39N7O7. The third kappa shape index (κ3) is 8.70. The summed E-state index contributed by atoms with van der Waals surface area (Å²) < 4.78 is 0. The van der Waals surface area contributed by atoms with Gasteiger partial charge in [-0.25, -0.2) is 4.79 Å². The van der Waals surface area contributed by atoms with Gasteiger partial charge in [-0.05, 0) is 49.1 Å². The number of hydrogen-bond acceptors (Lipinski definition) is 7. The third-order valence-electron chi connectivity index (χ3n) is 7.76. The second-order valence-corrected chi connectivity index (χ2v) is 11.1. The van der Waals surface area contributed by atoms with Crippen LogP contribution in [0.4, 0.5) is 0 Å². The van der Waals surface area contributed by atoms with E-state index in [0.29, 0.717) is 30.5 Å².